The summed E-state index contributed by atoms with van der Waals surface area (Å²) in [5, 5.41) is 24.1. The van der Waals surface area contributed by atoms with E-state index in [2.05, 4.69) is 10.6 Å². The second kappa shape index (κ2) is 9.48. The first kappa shape index (κ1) is 21.1. The first-order chi connectivity index (χ1) is 11.6. The van der Waals surface area contributed by atoms with Gasteiger partial charge in [0.1, 0.15) is 11.6 Å². The van der Waals surface area contributed by atoms with Gasteiger partial charge in [0.15, 0.2) is 0 Å². The molecule has 1 rings (SSSR count). The predicted molar refractivity (Wildman–Crippen MR) is 96.2 cm³/mol. The maximum atomic E-state index is 11.8. The molecule has 0 spiro atoms. The quantitative estimate of drug-likeness (QED) is 0.521. The molecular weight excluding hydrogens is 348 g/mol. The van der Waals surface area contributed by atoms with Crippen LogP contribution in [0.4, 0.5) is 10.5 Å². The highest BCUT2D eigenvalue weighted by Gasteiger charge is 2.24. The minimum atomic E-state index is -1.14. The molecule has 4 N–H and O–H groups in total. The van der Waals surface area contributed by atoms with Gasteiger partial charge < -0.3 is 25.6 Å². The molecule has 140 valence electrons. The van der Waals surface area contributed by atoms with Gasteiger partial charge in [-0.25, -0.2) is 9.59 Å². The van der Waals surface area contributed by atoms with Crippen molar-refractivity contribution in [2.24, 2.45) is 0 Å². The Balaban J connectivity index is 2.63. The number of aliphatic hydroxyl groups is 1. The molecule has 25 heavy (non-hydrogen) atoms. The van der Waals surface area contributed by atoms with E-state index in [1.165, 1.54) is 0 Å². The number of nitrogens with one attached hydrogen (secondary N) is 2. The van der Waals surface area contributed by atoms with Crippen molar-refractivity contribution in [3.63, 3.8) is 0 Å². The minimum Gasteiger partial charge on any atom is -0.480 e. The third-order valence-corrected chi connectivity index (χ3v) is 3.46. The summed E-state index contributed by atoms with van der Waals surface area (Å²) in [5.74, 6) is -1.000. The molecule has 0 aliphatic heterocycles. The number of ether oxygens (including phenoxy) is 1. The summed E-state index contributed by atoms with van der Waals surface area (Å²) in [6.07, 6.45) is -1.29. The molecule has 0 radical (unpaired) electrons. The first-order valence-electron chi connectivity index (χ1n) is 7.90. The summed E-state index contributed by atoms with van der Waals surface area (Å²) in [7, 11) is 0. The Morgan fingerprint density at radius 3 is 2.32 bits per heavy atom. The molecule has 8 heteroatoms. The number of carbonyl (C=O) groups excluding carboxylic acids is 1. The average Bonchev–Trinajstić information content (AvgIpc) is 2.51. The third-order valence-electron chi connectivity index (χ3n) is 3.10. The molecule has 0 aliphatic rings. The summed E-state index contributed by atoms with van der Waals surface area (Å²) in [6, 6.07) is 5.95. The lowest BCUT2D eigenvalue weighted by Gasteiger charge is -2.22. The lowest BCUT2D eigenvalue weighted by molar-refractivity contribution is -0.139. The number of anilines is 1. The number of benzene rings is 1. The second-order valence-corrected chi connectivity index (χ2v) is 6.94. The maximum Gasteiger partial charge on any atom is 0.408 e. The number of hydrogen-bond acceptors (Lipinski definition) is 5. The molecule has 0 heterocycles. The molecule has 0 aliphatic carbocycles. The van der Waals surface area contributed by atoms with Gasteiger partial charge in [0.25, 0.3) is 0 Å². The predicted octanol–water partition coefficient (Wildman–Crippen LogP) is 2.22. The molecular formula is C17H25ClN2O5. The number of amides is 1. The molecule has 0 saturated carbocycles. The summed E-state index contributed by atoms with van der Waals surface area (Å²) in [6.45, 7) is 5.43. The number of halogens is 1. The van der Waals surface area contributed by atoms with Crippen molar-refractivity contribution in [1.29, 1.82) is 0 Å². The van der Waals surface area contributed by atoms with Gasteiger partial charge in [-0.15, -0.1) is 11.6 Å². The summed E-state index contributed by atoms with van der Waals surface area (Å²) in [5.41, 5.74) is 0.820. The lowest BCUT2D eigenvalue weighted by atomic mass is 10.1. The van der Waals surface area contributed by atoms with Crippen LogP contribution in [0.5, 0.6) is 0 Å². The maximum absolute atomic E-state index is 11.8. The summed E-state index contributed by atoms with van der Waals surface area (Å²) >= 11 is 5.52. The fourth-order valence-electron chi connectivity index (χ4n) is 1.93. The van der Waals surface area contributed by atoms with Crippen LogP contribution < -0.4 is 10.6 Å². The van der Waals surface area contributed by atoms with Gasteiger partial charge in [0.05, 0.1) is 12.0 Å². The Morgan fingerprint density at radius 2 is 1.84 bits per heavy atom. The molecule has 0 bridgehead atoms. The van der Waals surface area contributed by atoms with E-state index in [9.17, 15) is 19.8 Å². The number of hydrogen-bond donors (Lipinski definition) is 4. The lowest BCUT2D eigenvalue weighted by Crippen LogP contribution is -2.44. The van der Waals surface area contributed by atoms with Gasteiger partial charge in [-0.1, -0.05) is 12.1 Å². The van der Waals surface area contributed by atoms with E-state index in [-0.39, 0.29) is 12.3 Å². The Hall–Kier alpha value is -1.99. The number of rotatable bonds is 8. The molecule has 7 nitrogen and oxygen atoms in total. The smallest absolute Gasteiger partial charge is 0.408 e. The van der Waals surface area contributed by atoms with E-state index in [4.69, 9.17) is 16.3 Å². The van der Waals surface area contributed by atoms with Crippen molar-refractivity contribution < 1.29 is 24.5 Å². The van der Waals surface area contributed by atoms with Crippen LogP contribution >= 0.6 is 11.6 Å². The average molecular weight is 373 g/mol. The molecule has 2 unspecified atom stereocenters. The Morgan fingerprint density at radius 1 is 1.24 bits per heavy atom. The van der Waals surface area contributed by atoms with Gasteiger partial charge in [-0.3, -0.25) is 0 Å². The monoisotopic (exact) mass is 372 g/mol. The minimum absolute atomic E-state index is 0.124. The van der Waals surface area contributed by atoms with Crippen LogP contribution in [0.15, 0.2) is 24.3 Å². The Kier molecular flexibility index (Phi) is 7.99. The van der Waals surface area contributed by atoms with Crippen LogP contribution in [0.1, 0.15) is 26.3 Å². The van der Waals surface area contributed by atoms with Crippen LogP contribution in [0.2, 0.25) is 0 Å². The van der Waals surface area contributed by atoms with Crippen LogP contribution in [-0.2, 0) is 16.0 Å². The molecule has 2 atom stereocenters. The van der Waals surface area contributed by atoms with Gasteiger partial charge in [-0.05, 0) is 38.5 Å². The Bertz CT molecular complexity index is 571. The highest BCUT2D eigenvalue weighted by Crippen LogP contribution is 2.12. The fraction of sp³-hybridized carbons (Fsp3) is 0.529. The van der Waals surface area contributed by atoms with Crippen molar-refractivity contribution in [1.82, 2.24) is 5.32 Å². The van der Waals surface area contributed by atoms with Crippen molar-refractivity contribution >= 4 is 29.4 Å². The normalized spacial score (nSPS) is 13.6. The van der Waals surface area contributed by atoms with Crippen molar-refractivity contribution in [3.8, 4) is 0 Å². The molecule has 1 amide bonds. The molecule has 0 fully saturated rings. The highest BCUT2D eigenvalue weighted by molar-refractivity contribution is 6.18. The molecule has 0 saturated heterocycles. The zero-order valence-electron chi connectivity index (χ0n) is 14.6. The van der Waals surface area contributed by atoms with Gasteiger partial charge in [0.2, 0.25) is 0 Å². The largest absolute Gasteiger partial charge is 0.480 e. The highest BCUT2D eigenvalue weighted by atomic mass is 35.5. The SMILES string of the molecule is CC(C)(C)OC(=O)NC(Cc1ccc(NCC(O)CCl)cc1)C(=O)O. The molecule has 0 aromatic heterocycles. The van der Waals surface area contributed by atoms with E-state index in [0.717, 1.165) is 11.3 Å². The molecule has 1 aromatic carbocycles. The molecule has 1 aromatic rings. The van der Waals surface area contributed by atoms with Gasteiger partial charge >= 0.3 is 12.1 Å². The first-order valence-corrected chi connectivity index (χ1v) is 8.43. The number of aliphatic carboxylic acids is 1. The van der Waals surface area contributed by atoms with Crippen molar-refractivity contribution in [2.75, 3.05) is 17.7 Å². The van der Waals surface area contributed by atoms with Crippen molar-refractivity contribution in [2.45, 2.75) is 44.9 Å². The summed E-state index contributed by atoms with van der Waals surface area (Å²) < 4.78 is 5.08. The van der Waals surface area contributed by atoms with Gasteiger partial charge in [0, 0.05) is 18.7 Å². The van der Waals surface area contributed by atoms with E-state index < -0.39 is 29.8 Å². The van der Waals surface area contributed by atoms with Crippen LogP contribution in [0, 0.1) is 0 Å². The van der Waals surface area contributed by atoms with Crippen LogP contribution in [0.25, 0.3) is 0 Å². The number of aliphatic hydroxyl groups excluding tert-OH is 1. The second-order valence-electron chi connectivity index (χ2n) is 6.63. The number of carboxylic acid groups (broad SMARTS) is 1. The number of alkyl halides is 1. The van der Waals surface area contributed by atoms with Gasteiger partial charge in [-0.2, -0.15) is 0 Å². The summed E-state index contributed by atoms with van der Waals surface area (Å²) in [4.78, 5) is 23.1. The standard InChI is InChI=1S/C17H25ClN2O5/c1-17(2,3)25-16(24)20-14(15(22)23)8-11-4-6-12(7-5-11)19-10-13(21)9-18/h4-7,13-14,19,21H,8-10H2,1-3H3,(H,20,24)(H,22,23). The fourth-order valence-corrected chi connectivity index (χ4v) is 2.04. The number of alkyl carbamates (subject to hydrolysis) is 1. The number of carbonyl (C=O) groups is 2. The zero-order valence-corrected chi connectivity index (χ0v) is 15.3. The van der Waals surface area contributed by atoms with Crippen molar-refractivity contribution in [3.05, 3.63) is 29.8 Å². The van der Waals surface area contributed by atoms with E-state index >= 15 is 0 Å². The van der Waals surface area contributed by atoms with E-state index in [1.807, 2.05) is 0 Å². The van der Waals surface area contributed by atoms with E-state index in [0.29, 0.717) is 6.54 Å². The Labute approximate surface area is 152 Å². The van der Waals surface area contributed by atoms with E-state index in [1.54, 1.807) is 45.0 Å². The zero-order chi connectivity index (χ0) is 19.0. The number of carboxylic acids is 1. The van der Waals surface area contributed by atoms with Crippen LogP contribution in [0.3, 0.4) is 0 Å². The topological polar surface area (TPSA) is 108 Å². The third kappa shape index (κ3) is 8.60. The van der Waals surface area contributed by atoms with Crippen LogP contribution in [-0.4, -0.2) is 52.4 Å².